The van der Waals surface area contributed by atoms with Crippen LogP contribution in [0.1, 0.15) is 48.4 Å². The number of carbonyl (C=O) groups is 2. The monoisotopic (exact) mass is 534 g/mol. The first kappa shape index (κ1) is 26.9. The number of hydrogen-bond acceptors (Lipinski definition) is 5. The van der Waals surface area contributed by atoms with E-state index in [-0.39, 0.29) is 10.5 Å². The molecule has 1 heterocycles. The minimum atomic E-state index is -4.09. The Bertz CT molecular complexity index is 1580. The number of hydrogen-bond donors (Lipinski definition) is 3. The van der Waals surface area contributed by atoms with Gasteiger partial charge in [-0.1, -0.05) is 61.9 Å². The molecule has 198 valence electrons. The lowest BCUT2D eigenvalue weighted by Crippen LogP contribution is -2.39. The van der Waals surface area contributed by atoms with Gasteiger partial charge in [-0.3, -0.25) is 0 Å². The van der Waals surface area contributed by atoms with Crippen molar-refractivity contribution in [2.45, 2.75) is 44.6 Å². The molecule has 3 aromatic carbocycles. The zero-order valence-electron chi connectivity index (χ0n) is 21.3. The number of nitrogens with one attached hydrogen (secondary N) is 2. The summed E-state index contributed by atoms with van der Waals surface area (Å²) in [4.78, 5) is 28.5. The molecular formula is C28H30N4O5S. The highest BCUT2D eigenvalue weighted by Gasteiger charge is 2.22. The summed E-state index contributed by atoms with van der Waals surface area (Å²) in [6, 6.07) is 18.2. The molecule has 38 heavy (non-hydrogen) atoms. The summed E-state index contributed by atoms with van der Waals surface area (Å²) in [6.07, 6.45) is 2.65. The zero-order valence-corrected chi connectivity index (χ0v) is 22.1. The molecule has 0 aliphatic carbocycles. The summed E-state index contributed by atoms with van der Waals surface area (Å²) in [5.41, 5.74) is 3.47. The topological polar surface area (TPSA) is 130 Å². The van der Waals surface area contributed by atoms with Crippen molar-refractivity contribution in [1.29, 1.82) is 0 Å². The lowest BCUT2D eigenvalue weighted by molar-refractivity contribution is 0.0698. The third-order valence-corrected chi connectivity index (χ3v) is 7.57. The molecule has 0 spiro atoms. The SMILES string of the molecule is CCCCc1nc2cccc(C(=O)O)c2n1Cc1ccc(-c2ccccc2S(=O)(=O)NC(=O)NCC)cc1. The van der Waals surface area contributed by atoms with E-state index in [1.165, 1.54) is 6.07 Å². The molecule has 0 saturated heterocycles. The van der Waals surface area contributed by atoms with E-state index in [0.717, 1.165) is 30.7 Å². The number of fused-ring (bicyclic) bond motifs is 1. The Labute approximate surface area is 221 Å². The Balaban J connectivity index is 1.69. The standard InChI is InChI=1S/C28H30N4O5S/c1-3-5-13-25-30-23-11-8-10-22(27(33)34)26(23)32(25)18-19-14-16-20(17-15-19)21-9-6-7-12-24(21)38(36,37)31-28(35)29-4-2/h6-12,14-17H,3-5,13,18H2,1-2H3,(H,33,34)(H2,29,31,35). The number of aromatic nitrogens is 2. The van der Waals surface area contributed by atoms with Crippen LogP contribution in [0.15, 0.2) is 71.6 Å². The fourth-order valence-corrected chi connectivity index (χ4v) is 5.55. The van der Waals surface area contributed by atoms with E-state index in [1.807, 2.05) is 39.6 Å². The van der Waals surface area contributed by atoms with Crippen molar-refractivity contribution < 1.29 is 23.1 Å². The van der Waals surface area contributed by atoms with Gasteiger partial charge in [0.1, 0.15) is 5.82 Å². The van der Waals surface area contributed by atoms with Crippen molar-refractivity contribution in [3.05, 3.63) is 83.7 Å². The third kappa shape index (κ3) is 5.70. The average molecular weight is 535 g/mol. The van der Waals surface area contributed by atoms with Gasteiger partial charge >= 0.3 is 12.0 Å². The smallest absolute Gasteiger partial charge is 0.337 e. The van der Waals surface area contributed by atoms with Gasteiger partial charge in [0.05, 0.1) is 21.5 Å². The maximum Gasteiger partial charge on any atom is 0.337 e. The van der Waals surface area contributed by atoms with Crippen LogP contribution in [-0.4, -0.2) is 41.6 Å². The van der Waals surface area contributed by atoms with Gasteiger partial charge in [-0.25, -0.2) is 27.7 Å². The lowest BCUT2D eigenvalue weighted by Gasteiger charge is -2.14. The van der Waals surface area contributed by atoms with Crippen LogP contribution in [0.25, 0.3) is 22.2 Å². The molecule has 0 bridgehead atoms. The van der Waals surface area contributed by atoms with Crippen molar-refractivity contribution in [2.24, 2.45) is 0 Å². The van der Waals surface area contributed by atoms with E-state index in [0.29, 0.717) is 35.2 Å². The number of unbranched alkanes of at least 4 members (excludes halogenated alkanes) is 1. The van der Waals surface area contributed by atoms with Gasteiger partial charge in [-0.05, 0) is 42.7 Å². The van der Waals surface area contributed by atoms with Crippen LogP contribution in [0.5, 0.6) is 0 Å². The second kappa shape index (κ2) is 11.5. The van der Waals surface area contributed by atoms with E-state index in [4.69, 9.17) is 4.98 Å². The fourth-order valence-electron chi connectivity index (χ4n) is 4.39. The molecular weight excluding hydrogens is 504 g/mol. The van der Waals surface area contributed by atoms with Crippen LogP contribution in [0.4, 0.5) is 4.79 Å². The number of rotatable bonds is 10. The number of sulfonamides is 1. The number of aryl methyl sites for hydroxylation is 1. The van der Waals surface area contributed by atoms with Crippen LogP contribution in [0.2, 0.25) is 0 Å². The van der Waals surface area contributed by atoms with Crippen molar-refractivity contribution in [1.82, 2.24) is 19.6 Å². The van der Waals surface area contributed by atoms with Gasteiger partial charge in [-0.15, -0.1) is 0 Å². The van der Waals surface area contributed by atoms with E-state index in [1.54, 1.807) is 37.3 Å². The molecule has 0 radical (unpaired) electrons. The largest absolute Gasteiger partial charge is 0.478 e. The van der Waals surface area contributed by atoms with Gasteiger partial charge in [0.2, 0.25) is 0 Å². The van der Waals surface area contributed by atoms with Gasteiger partial charge in [0.15, 0.2) is 0 Å². The third-order valence-electron chi connectivity index (χ3n) is 6.18. The minimum Gasteiger partial charge on any atom is -0.478 e. The van der Waals surface area contributed by atoms with E-state index in [9.17, 15) is 23.1 Å². The second-order valence-electron chi connectivity index (χ2n) is 8.85. The fraction of sp³-hybridized carbons (Fsp3) is 0.250. The number of carbonyl (C=O) groups excluding carboxylic acids is 1. The highest BCUT2D eigenvalue weighted by molar-refractivity contribution is 7.90. The number of imidazole rings is 1. The Morgan fingerprint density at radius 2 is 1.71 bits per heavy atom. The minimum absolute atomic E-state index is 0.00689. The number of carboxylic acid groups (broad SMARTS) is 1. The highest BCUT2D eigenvalue weighted by Crippen LogP contribution is 2.29. The average Bonchev–Trinajstić information content (AvgIpc) is 3.24. The Morgan fingerprint density at radius 3 is 2.39 bits per heavy atom. The molecule has 0 aliphatic heterocycles. The summed E-state index contributed by atoms with van der Waals surface area (Å²) in [6.45, 7) is 4.51. The van der Waals surface area contributed by atoms with Crippen LogP contribution in [0.3, 0.4) is 0 Å². The van der Waals surface area contributed by atoms with E-state index in [2.05, 4.69) is 12.2 Å². The predicted molar refractivity (Wildman–Crippen MR) is 146 cm³/mol. The summed E-state index contributed by atoms with van der Waals surface area (Å²) < 4.78 is 29.8. The number of urea groups is 1. The quantitative estimate of drug-likeness (QED) is 0.268. The van der Waals surface area contributed by atoms with Gasteiger partial charge in [0.25, 0.3) is 10.0 Å². The van der Waals surface area contributed by atoms with E-state index < -0.39 is 22.0 Å². The zero-order chi connectivity index (χ0) is 27.3. The van der Waals surface area contributed by atoms with Crippen LogP contribution < -0.4 is 10.0 Å². The number of benzene rings is 3. The first-order valence-electron chi connectivity index (χ1n) is 12.5. The number of nitrogens with zero attached hydrogens (tertiary/aromatic N) is 2. The van der Waals surface area contributed by atoms with Crippen molar-refractivity contribution in [3.63, 3.8) is 0 Å². The van der Waals surface area contributed by atoms with Crippen molar-refractivity contribution in [2.75, 3.05) is 6.54 Å². The molecule has 0 atom stereocenters. The maximum absolute atomic E-state index is 12.9. The first-order chi connectivity index (χ1) is 18.2. The van der Waals surface area contributed by atoms with Crippen molar-refractivity contribution in [3.8, 4) is 11.1 Å². The van der Waals surface area contributed by atoms with Crippen LogP contribution >= 0.6 is 0 Å². The summed E-state index contributed by atoms with van der Waals surface area (Å²) in [7, 11) is -4.09. The molecule has 0 fully saturated rings. The Kier molecular flexibility index (Phi) is 8.11. The molecule has 3 N–H and O–H groups in total. The molecule has 10 heteroatoms. The second-order valence-corrected chi connectivity index (χ2v) is 10.5. The summed E-state index contributed by atoms with van der Waals surface area (Å²) in [5, 5.41) is 12.2. The van der Waals surface area contributed by atoms with Gasteiger partial charge in [0, 0.05) is 25.1 Å². The lowest BCUT2D eigenvalue weighted by atomic mass is 10.0. The normalized spacial score (nSPS) is 11.4. The molecule has 0 unspecified atom stereocenters. The first-order valence-corrected chi connectivity index (χ1v) is 13.9. The number of carboxylic acids is 1. The number of para-hydroxylation sites is 1. The van der Waals surface area contributed by atoms with Crippen LogP contribution in [-0.2, 0) is 23.0 Å². The van der Waals surface area contributed by atoms with Gasteiger partial charge in [-0.2, -0.15) is 0 Å². The molecule has 1 aromatic heterocycles. The maximum atomic E-state index is 12.9. The van der Waals surface area contributed by atoms with Crippen LogP contribution in [0, 0.1) is 0 Å². The molecule has 4 rings (SSSR count). The van der Waals surface area contributed by atoms with Crippen molar-refractivity contribution >= 4 is 33.1 Å². The van der Waals surface area contributed by atoms with E-state index >= 15 is 0 Å². The highest BCUT2D eigenvalue weighted by atomic mass is 32.2. The Morgan fingerprint density at radius 1 is 0.974 bits per heavy atom. The number of aromatic carboxylic acids is 1. The summed E-state index contributed by atoms with van der Waals surface area (Å²) >= 11 is 0. The van der Waals surface area contributed by atoms with Gasteiger partial charge < -0.3 is 15.0 Å². The number of amides is 2. The molecule has 4 aromatic rings. The molecule has 2 amide bonds. The predicted octanol–water partition coefficient (Wildman–Crippen LogP) is 4.80. The Hall–Kier alpha value is -4.18. The molecule has 0 aliphatic rings. The summed E-state index contributed by atoms with van der Waals surface area (Å²) in [5.74, 6) is -0.180. The molecule has 0 saturated carbocycles. The molecule has 9 nitrogen and oxygen atoms in total.